The van der Waals surface area contributed by atoms with Crippen LogP contribution in [0.4, 0.5) is 4.79 Å². The maximum atomic E-state index is 12.3. The number of carboxylic acid groups (broad SMARTS) is 1. The number of carboxylic acids is 1. The van der Waals surface area contributed by atoms with Crippen molar-refractivity contribution in [1.29, 1.82) is 0 Å². The number of nitrogens with one attached hydrogen (secondary N) is 1. The fraction of sp³-hybridized carbons (Fsp3) is 0.579. The average molecular weight is 345 g/mol. The van der Waals surface area contributed by atoms with Crippen LogP contribution in [-0.2, 0) is 17.6 Å². The van der Waals surface area contributed by atoms with Gasteiger partial charge in [-0.3, -0.25) is 9.69 Å². The predicted octanol–water partition coefficient (Wildman–Crippen LogP) is 1.59. The molecular weight excluding hydrogens is 318 g/mol. The van der Waals surface area contributed by atoms with Crippen LogP contribution in [-0.4, -0.2) is 65.2 Å². The van der Waals surface area contributed by atoms with Gasteiger partial charge in [0.15, 0.2) is 0 Å². The molecule has 1 saturated heterocycles. The van der Waals surface area contributed by atoms with E-state index in [1.165, 1.54) is 11.1 Å². The van der Waals surface area contributed by atoms with Crippen LogP contribution in [0, 0.1) is 5.92 Å². The smallest absolute Gasteiger partial charge is 0.317 e. The predicted molar refractivity (Wildman–Crippen MR) is 95.6 cm³/mol. The summed E-state index contributed by atoms with van der Waals surface area (Å²) < 4.78 is 0. The maximum Gasteiger partial charge on any atom is 0.317 e. The molecule has 1 fully saturated rings. The van der Waals surface area contributed by atoms with Gasteiger partial charge < -0.3 is 15.3 Å². The zero-order valence-corrected chi connectivity index (χ0v) is 14.9. The fourth-order valence-electron chi connectivity index (χ4n) is 3.84. The molecular formula is C19H27N3O3. The molecule has 2 amide bonds. The molecule has 1 aliphatic carbocycles. The first-order valence-corrected chi connectivity index (χ1v) is 9.03. The number of fused-ring (bicyclic) bond motifs is 1. The first kappa shape index (κ1) is 17.7. The van der Waals surface area contributed by atoms with E-state index in [1.54, 1.807) is 4.90 Å². The molecule has 25 heavy (non-hydrogen) atoms. The van der Waals surface area contributed by atoms with Crippen LogP contribution < -0.4 is 5.32 Å². The third-order valence-corrected chi connectivity index (χ3v) is 5.15. The molecule has 1 unspecified atom stereocenters. The normalized spacial score (nSPS) is 21.9. The Hall–Kier alpha value is -2.08. The number of hydrogen-bond acceptors (Lipinski definition) is 3. The Morgan fingerprint density at radius 3 is 2.32 bits per heavy atom. The largest absolute Gasteiger partial charge is 0.481 e. The Labute approximate surface area is 148 Å². The van der Waals surface area contributed by atoms with Crippen molar-refractivity contribution in [3.05, 3.63) is 35.4 Å². The molecule has 136 valence electrons. The molecule has 3 rings (SSSR count). The third-order valence-electron chi connectivity index (χ3n) is 5.15. The highest BCUT2D eigenvalue weighted by Crippen LogP contribution is 2.27. The summed E-state index contributed by atoms with van der Waals surface area (Å²) in [6, 6.07) is 8.63. The summed E-state index contributed by atoms with van der Waals surface area (Å²) >= 11 is 0. The number of hydrogen-bond donors (Lipinski definition) is 2. The molecule has 0 aromatic heterocycles. The average Bonchev–Trinajstić information content (AvgIpc) is 2.85. The molecule has 2 aliphatic rings. The van der Waals surface area contributed by atoms with Crippen molar-refractivity contribution in [3.8, 4) is 0 Å². The molecule has 0 bridgehead atoms. The van der Waals surface area contributed by atoms with E-state index in [4.69, 9.17) is 0 Å². The third kappa shape index (κ3) is 4.12. The molecule has 1 heterocycles. The van der Waals surface area contributed by atoms with Gasteiger partial charge in [-0.2, -0.15) is 0 Å². The van der Waals surface area contributed by atoms with Crippen molar-refractivity contribution in [1.82, 2.24) is 15.1 Å². The Morgan fingerprint density at radius 1 is 1.12 bits per heavy atom. The highest BCUT2D eigenvalue weighted by Gasteiger charge is 2.34. The summed E-state index contributed by atoms with van der Waals surface area (Å²) in [4.78, 5) is 27.9. The van der Waals surface area contributed by atoms with Gasteiger partial charge in [-0.25, -0.2) is 4.79 Å². The van der Waals surface area contributed by atoms with Crippen LogP contribution in [0.1, 0.15) is 25.0 Å². The number of carbonyl (C=O) groups is 2. The summed E-state index contributed by atoms with van der Waals surface area (Å²) in [5.41, 5.74) is 2.72. The Kier molecular flexibility index (Phi) is 5.27. The highest BCUT2D eigenvalue weighted by atomic mass is 16.4. The first-order valence-electron chi connectivity index (χ1n) is 9.03. The second-order valence-electron chi connectivity index (χ2n) is 7.41. The minimum Gasteiger partial charge on any atom is -0.481 e. The molecule has 1 aromatic rings. The standard InChI is InChI=1S/C19H27N3O3/c1-13(2)20-19(25)22-8-7-21(11-16(12-22)18(23)24)17-9-14-5-3-4-6-15(14)10-17/h3-6,13,16-17H,7-12H2,1-2H3,(H,20,25)(H,23,24). The van der Waals surface area contributed by atoms with Gasteiger partial charge in [-0.1, -0.05) is 24.3 Å². The van der Waals surface area contributed by atoms with Crippen LogP contribution in [0.2, 0.25) is 0 Å². The van der Waals surface area contributed by atoms with Gasteiger partial charge in [0, 0.05) is 38.3 Å². The van der Waals surface area contributed by atoms with E-state index in [2.05, 4.69) is 34.5 Å². The summed E-state index contributed by atoms with van der Waals surface area (Å²) in [5, 5.41) is 12.5. The summed E-state index contributed by atoms with van der Waals surface area (Å²) in [5.74, 6) is -1.38. The molecule has 1 aromatic carbocycles. The minimum absolute atomic E-state index is 0.0412. The SMILES string of the molecule is CC(C)NC(=O)N1CCN(C2Cc3ccccc3C2)CC(C(=O)O)C1. The summed E-state index contributed by atoms with van der Waals surface area (Å²) in [7, 11) is 0. The maximum absolute atomic E-state index is 12.3. The molecule has 1 aliphatic heterocycles. The van der Waals surface area contributed by atoms with E-state index in [1.807, 2.05) is 13.8 Å². The van der Waals surface area contributed by atoms with Crippen LogP contribution in [0.5, 0.6) is 0 Å². The van der Waals surface area contributed by atoms with Crippen molar-refractivity contribution >= 4 is 12.0 Å². The zero-order chi connectivity index (χ0) is 18.0. The number of amides is 2. The van der Waals surface area contributed by atoms with Gasteiger partial charge in [0.05, 0.1) is 5.92 Å². The number of urea groups is 1. The lowest BCUT2D eigenvalue weighted by Gasteiger charge is -2.28. The number of rotatable bonds is 3. The van der Waals surface area contributed by atoms with Crippen molar-refractivity contribution in [2.24, 2.45) is 5.92 Å². The zero-order valence-electron chi connectivity index (χ0n) is 14.9. The Bertz CT molecular complexity index is 622. The first-order chi connectivity index (χ1) is 11.9. The molecule has 0 spiro atoms. The lowest BCUT2D eigenvalue weighted by atomic mass is 10.1. The molecule has 6 nitrogen and oxygen atoms in total. The van der Waals surface area contributed by atoms with Gasteiger partial charge in [0.25, 0.3) is 0 Å². The van der Waals surface area contributed by atoms with Crippen molar-refractivity contribution in [2.75, 3.05) is 26.2 Å². The molecule has 2 N–H and O–H groups in total. The van der Waals surface area contributed by atoms with Crippen LogP contribution in [0.25, 0.3) is 0 Å². The number of carbonyl (C=O) groups excluding carboxylic acids is 1. The van der Waals surface area contributed by atoms with Gasteiger partial charge in [0.2, 0.25) is 0 Å². The Morgan fingerprint density at radius 2 is 1.76 bits per heavy atom. The lowest BCUT2D eigenvalue weighted by molar-refractivity contribution is -0.142. The monoisotopic (exact) mass is 345 g/mol. The second kappa shape index (κ2) is 7.44. The molecule has 0 saturated carbocycles. The fourth-order valence-corrected chi connectivity index (χ4v) is 3.84. The summed E-state index contributed by atoms with van der Waals surface area (Å²) in [6.07, 6.45) is 1.92. The molecule has 1 atom stereocenters. The minimum atomic E-state index is -0.829. The molecule has 6 heteroatoms. The molecule has 0 radical (unpaired) electrons. The quantitative estimate of drug-likeness (QED) is 0.873. The van der Waals surface area contributed by atoms with Crippen molar-refractivity contribution < 1.29 is 14.7 Å². The van der Waals surface area contributed by atoms with Crippen LogP contribution in [0.3, 0.4) is 0 Å². The number of benzene rings is 1. The van der Waals surface area contributed by atoms with Gasteiger partial charge in [-0.05, 0) is 37.8 Å². The van der Waals surface area contributed by atoms with E-state index in [9.17, 15) is 14.7 Å². The number of nitrogens with zero attached hydrogens (tertiary/aromatic N) is 2. The van der Waals surface area contributed by atoms with E-state index in [0.717, 1.165) is 12.8 Å². The van der Waals surface area contributed by atoms with E-state index in [0.29, 0.717) is 25.7 Å². The second-order valence-corrected chi connectivity index (χ2v) is 7.41. The van der Waals surface area contributed by atoms with Crippen LogP contribution in [0.15, 0.2) is 24.3 Å². The topological polar surface area (TPSA) is 72.9 Å². The summed E-state index contributed by atoms with van der Waals surface area (Å²) in [6.45, 7) is 5.87. The highest BCUT2D eigenvalue weighted by molar-refractivity contribution is 5.76. The van der Waals surface area contributed by atoms with Gasteiger partial charge in [0.1, 0.15) is 0 Å². The van der Waals surface area contributed by atoms with E-state index < -0.39 is 11.9 Å². The van der Waals surface area contributed by atoms with Crippen LogP contribution >= 0.6 is 0 Å². The van der Waals surface area contributed by atoms with E-state index in [-0.39, 0.29) is 18.6 Å². The lowest BCUT2D eigenvalue weighted by Crippen LogP contribution is -2.46. The van der Waals surface area contributed by atoms with Gasteiger partial charge >= 0.3 is 12.0 Å². The Balaban J connectivity index is 1.70. The number of aliphatic carboxylic acids is 1. The van der Waals surface area contributed by atoms with E-state index >= 15 is 0 Å². The van der Waals surface area contributed by atoms with Crippen molar-refractivity contribution in [3.63, 3.8) is 0 Å². The van der Waals surface area contributed by atoms with Gasteiger partial charge in [-0.15, -0.1) is 0 Å². The van der Waals surface area contributed by atoms with Crippen molar-refractivity contribution in [2.45, 2.75) is 38.8 Å².